The number of carbonyl (C=O) groups is 1. The minimum Gasteiger partial charge on any atom is -0.494 e. The molecule has 6 nitrogen and oxygen atoms in total. The number of hydrogen-bond acceptors (Lipinski definition) is 4. The lowest BCUT2D eigenvalue weighted by Gasteiger charge is -2.22. The highest BCUT2D eigenvalue weighted by atomic mass is 32.2. The molecule has 0 unspecified atom stereocenters. The zero-order chi connectivity index (χ0) is 19.9. The number of nitrogens with one attached hydrogen (secondary N) is 1. The first-order valence-corrected chi connectivity index (χ1v) is 10.7. The van der Waals surface area contributed by atoms with Crippen molar-refractivity contribution in [2.24, 2.45) is 0 Å². The molecule has 2 aromatic carbocycles. The number of sulfonamides is 1. The van der Waals surface area contributed by atoms with Crippen LogP contribution in [0.1, 0.15) is 24.5 Å². The zero-order valence-corrected chi connectivity index (χ0v) is 16.8. The minimum absolute atomic E-state index is 0.278. The van der Waals surface area contributed by atoms with Crippen LogP contribution in [0, 0.1) is 6.92 Å². The van der Waals surface area contributed by atoms with Crippen molar-refractivity contribution >= 4 is 21.6 Å². The fraction of sp³-hybridized carbons (Fsp3) is 0.350. The molecule has 7 heteroatoms. The summed E-state index contributed by atoms with van der Waals surface area (Å²) < 4.78 is 30.9. The Morgan fingerprint density at radius 2 is 1.78 bits per heavy atom. The molecule has 0 spiro atoms. The normalized spacial score (nSPS) is 11.1. The maximum atomic E-state index is 12.3. The van der Waals surface area contributed by atoms with Crippen molar-refractivity contribution in [2.45, 2.75) is 26.8 Å². The first-order chi connectivity index (χ1) is 12.8. The van der Waals surface area contributed by atoms with E-state index in [2.05, 4.69) is 5.32 Å². The largest absolute Gasteiger partial charge is 0.494 e. The summed E-state index contributed by atoms with van der Waals surface area (Å²) in [5, 5.41) is 2.78. The fourth-order valence-corrected chi connectivity index (χ4v) is 3.37. The number of amides is 1. The molecule has 1 amide bonds. The van der Waals surface area contributed by atoms with Gasteiger partial charge in [0.2, 0.25) is 15.9 Å². The third-order valence-corrected chi connectivity index (χ3v) is 5.16. The van der Waals surface area contributed by atoms with Gasteiger partial charge in [0.15, 0.2) is 0 Å². The monoisotopic (exact) mass is 390 g/mol. The lowest BCUT2D eigenvalue weighted by atomic mass is 10.1. The van der Waals surface area contributed by atoms with Crippen molar-refractivity contribution in [3.63, 3.8) is 0 Å². The first kappa shape index (κ1) is 20.8. The van der Waals surface area contributed by atoms with E-state index >= 15 is 0 Å². The summed E-state index contributed by atoms with van der Waals surface area (Å²) in [7, 11) is -3.60. The molecule has 0 saturated carbocycles. The molecule has 0 bridgehead atoms. The number of ether oxygens (including phenoxy) is 1. The van der Waals surface area contributed by atoms with Crippen molar-refractivity contribution in [1.29, 1.82) is 0 Å². The van der Waals surface area contributed by atoms with Gasteiger partial charge in [0.1, 0.15) is 12.3 Å². The predicted octanol–water partition coefficient (Wildman–Crippen LogP) is 2.87. The molecule has 1 N–H and O–H groups in total. The van der Waals surface area contributed by atoms with Crippen LogP contribution in [-0.4, -0.2) is 33.7 Å². The molecule has 146 valence electrons. The van der Waals surface area contributed by atoms with Crippen LogP contribution < -0.4 is 14.4 Å². The second-order valence-electron chi connectivity index (χ2n) is 6.32. The zero-order valence-electron chi connectivity index (χ0n) is 15.9. The standard InChI is InChI=1S/C20H26N2O4S/c1-4-13-26-19-11-9-18(10-12-19)22(27(3,24)25)15-20(23)21-14-17-8-6-5-7-16(17)2/h5-12H,4,13-15H2,1-3H3,(H,21,23). The van der Waals surface area contributed by atoms with Crippen LogP contribution in [0.25, 0.3) is 0 Å². The molecule has 2 aromatic rings. The van der Waals surface area contributed by atoms with Crippen LogP contribution in [0.2, 0.25) is 0 Å². The average molecular weight is 391 g/mol. The van der Waals surface area contributed by atoms with Crippen LogP contribution in [0.5, 0.6) is 5.75 Å². The second-order valence-corrected chi connectivity index (χ2v) is 8.22. The molecule has 0 aliphatic carbocycles. The van der Waals surface area contributed by atoms with Gasteiger partial charge in [0, 0.05) is 6.54 Å². The molecule has 0 radical (unpaired) electrons. The highest BCUT2D eigenvalue weighted by molar-refractivity contribution is 7.92. The lowest BCUT2D eigenvalue weighted by molar-refractivity contribution is -0.119. The van der Waals surface area contributed by atoms with Crippen LogP contribution in [0.15, 0.2) is 48.5 Å². The SMILES string of the molecule is CCCOc1ccc(N(CC(=O)NCc2ccccc2C)S(C)(=O)=O)cc1. The molecule has 0 heterocycles. The van der Waals surface area contributed by atoms with E-state index < -0.39 is 10.0 Å². The molecule has 0 aliphatic rings. The number of benzene rings is 2. The van der Waals surface area contributed by atoms with E-state index in [0.29, 0.717) is 24.6 Å². The summed E-state index contributed by atoms with van der Waals surface area (Å²) in [4.78, 5) is 12.3. The van der Waals surface area contributed by atoms with E-state index in [1.165, 1.54) is 0 Å². The van der Waals surface area contributed by atoms with Crippen LogP contribution in [-0.2, 0) is 21.4 Å². The maximum Gasteiger partial charge on any atom is 0.241 e. The van der Waals surface area contributed by atoms with Gasteiger partial charge in [-0.1, -0.05) is 31.2 Å². The second kappa shape index (κ2) is 9.41. The Labute approximate surface area is 161 Å². The molecule has 27 heavy (non-hydrogen) atoms. The molecule has 2 rings (SSSR count). The van der Waals surface area contributed by atoms with Gasteiger partial charge in [-0.3, -0.25) is 9.10 Å². The topological polar surface area (TPSA) is 75.7 Å². The number of nitrogens with zero attached hydrogens (tertiary/aromatic N) is 1. The number of anilines is 1. The molecule has 0 aromatic heterocycles. The third kappa shape index (κ3) is 6.29. The summed E-state index contributed by atoms with van der Waals surface area (Å²) in [6.45, 7) is 4.64. The van der Waals surface area contributed by atoms with Gasteiger partial charge in [0.05, 0.1) is 18.6 Å². The van der Waals surface area contributed by atoms with Crippen LogP contribution >= 0.6 is 0 Å². The number of aryl methyl sites for hydroxylation is 1. The van der Waals surface area contributed by atoms with Gasteiger partial charge in [0.25, 0.3) is 0 Å². The van der Waals surface area contributed by atoms with Crippen molar-refractivity contribution in [3.05, 3.63) is 59.7 Å². The van der Waals surface area contributed by atoms with Gasteiger partial charge in [-0.15, -0.1) is 0 Å². The van der Waals surface area contributed by atoms with Crippen molar-refractivity contribution in [1.82, 2.24) is 5.32 Å². The molecule has 0 atom stereocenters. The predicted molar refractivity (Wildman–Crippen MR) is 107 cm³/mol. The average Bonchev–Trinajstić information content (AvgIpc) is 2.63. The summed E-state index contributed by atoms with van der Waals surface area (Å²) in [6, 6.07) is 14.4. The summed E-state index contributed by atoms with van der Waals surface area (Å²) in [6.07, 6.45) is 1.97. The van der Waals surface area contributed by atoms with Crippen molar-refractivity contribution in [2.75, 3.05) is 23.7 Å². The number of carbonyl (C=O) groups excluding carboxylic acids is 1. The van der Waals surface area contributed by atoms with E-state index in [1.807, 2.05) is 38.1 Å². The Morgan fingerprint density at radius 3 is 2.37 bits per heavy atom. The highest BCUT2D eigenvalue weighted by Crippen LogP contribution is 2.21. The van der Waals surface area contributed by atoms with Crippen LogP contribution in [0.4, 0.5) is 5.69 Å². The maximum absolute atomic E-state index is 12.3. The molecular weight excluding hydrogens is 364 g/mol. The van der Waals surface area contributed by atoms with E-state index in [1.54, 1.807) is 24.3 Å². The van der Waals surface area contributed by atoms with Gasteiger partial charge >= 0.3 is 0 Å². The van der Waals surface area contributed by atoms with Crippen molar-refractivity contribution in [3.8, 4) is 5.75 Å². The molecular formula is C20H26N2O4S. The molecule has 0 saturated heterocycles. The van der Waals surface area contributed by atoms with E-state index in [4.69, 9.17) is 4.74 Å². The Kier molecular flexibility index (Phi) is 7.24. The molecule has 0 fully saturated rings. The van der Waals surface area contributed by atoms with Crippen LogP contribution in [0.3, 0.4) is 0 Å². The Morgan fingerprint density at radius 1 is 1.11 bits per heavy atom. The summed E-state index contributed by atoms with van der Waals surface area (Å²) in [5.74, 6) is 0.299. The smallest absolute Gasteiger partial charge is 0.241 e. The Balaban J connectivity index is 2.06. The Hall–Kier alpha value is -2.54. The third-order valence-electron chi connectivity index (χ3n) is 4.02. The lowest BCUT2D eigenvalue weighted by Crippen LogP contribution is -2.40. The minimum atomic E-state index is -3.60. The first-order valence-electron chi connectivity index (χ1n) is 8.83. The Bertz CT molecular complexity index is 864. The van der Waals surface area contributed by atoms with Gasteiger partial charge in [-0.2, -0.15) is 0 Å². The summed E-state index contributed by atoms with van der Waals surface area (Å²) >= 11 is 0. The van der Waals surface area contributed by atoms with E-state index in [-0.39, 0.29) is 12.5 Å². The van der Waals surface area contributed by atoms with E-state index in [9.17, 15) is 13.2 Å². The summed E-state index contributed by atoms with van der Waals surface area (Å²) in [5.41, 5.74) is 2.49. The van der Waals surface area contributed by atoms with Crippen molar-refractivity contribution < 1.29 is 17.9 Å². The highest BCUT2D eigenvalue weighted by Gasteiger charge is 2.20. The van der Waals surface area contributed by atoms with Gasteiger partial charge in [-0.25, -0.2) is 8.42 Å². The van der Waals surface area contributed by atoms with Gasteiger partial charge in [-0.05, 0) is 48.7 Å². The fourth-order valence-electron chi connectivity index (χ4n) is 2.52. The molecule has 0 aliphatic heterocycles. The van der Waals surface area contributed by atoms with Gasteiger partial charge < -0.3 is 10.1 Å². The number of hydrogen-bond donors (Lipinski definition) is 1. The van der Waals surface area contributed by atoms with E-state index in [0.717, 1.165) is 28.1 Å². The number of rotatable bonds is 9. The quantitative estimate of drug-likeness (QED) is 0.714.